The van der Waals surface area contributed by atoms with Crippen molar-refractivity contribution in [3.05, 3.63) is 23.7 Å². The van der Waals surface area contributed by atoms with Gasteiger partial charge in [0.1, 0.15) is 17.1 Å². The van der Waals surface area contributed by atoms with Crippen LogP contribution in [0.15, 0.2) is 16.5 Å². The van der Waals surface area contributed by atoms with E-state index in [2.05, 4.69) is 4.90 Å². The van der Waals surface area contributed by atoms with E-state index in [9.17, 15) is 14.7 Å². The van der Waals surface area contributed by atoms with Gasteiger partial charge in [-0.2, -0.15) is 0 Å². The number of likely N-dealkylation sites (tertiary alicyclic amines) is 1. The molecule has 1 aromatic rings. The third-order valence-electron chi connectivity index (χ3n) is 5.20. The second-order valence-electron chi connectivity index (χ2n) is 7.00. The highest BCUT2D eigenvalue weighted by atomic mass is 16.3. The number of aryl methyl sites for hydroxylation is 1. The summed E-state index contributed by atoms with van der Waals surface area (Å²) in [6, 6.07) is 3.21. The number of aliphatic hydroxyl groups is 1. The van der Waals surface area contributed by atoms with Gasteiger partial charge >= 0.3 is 0 Å². The topological polar surface area (TPSA) is 77.2 Å². The molecule has 4 heterocycles. The lowest BCUT2D eigenvalue weighted by molar-refractivity contribution is -0.179. The molecule has 1 aromatic heterocycles. The van der Waals surface area contributed by atoms with Crippen LogP contribution >= 0.6 is 0 Å². The van der Waals surface area contributed by atoms with E-state index in [0.717, 1.165) is 5.76 Å². The van der Waals surface area contributed by atoms with E-state index in [4.69, 9.17) is 4.42 Å². The number of nitrogens with zero attached hydrogens (tertiary/aromatic N) is 3. The number of amides is 2. The van der Waals surface area contributed by atoms with Crippen molar-refractivity contribution in [2.24, 2.45) is 0 Å². The van der Waals surface area contributed by atoms with Crippen LogP contribution in [-0.4, -0.2) is 76.0 Å². The van der Waals surface area contributed by atoms with Crippen molar-refractivity contribution in [2.75, 3.05) is 26.7 Å². The molecule has 0 unspecified atom stereocenters. The first-order valence-corrected chi connectivity index (χ1v) is 7.95. The fraction of sp³-hybridized carbons (Fsp3) is 0.625. The quantitative estimate of drug-likeness (QED) is 0.746. The summed E-state index contributed by atoms with van der Waals surface area (Å²) in [7, 11) is 1.96. The lowest BCUT2D eigenvalue weighted by atomic mass is 9.83. The van der Waals surface area contributed by atoms with Gasteiger partial charge in [0.2, 0.25) is 5.91 Å². The summed E-state index contributed by atoms with van der Waals surface area (Å²) in [4.78, 5) is 31.1. The Bertz CT molecular complexity index is 664. The summed E-state index contributed by atoms with van der Waals surface area (Å²) in [5.41, 5.74) is -0.674. The molecule has 7 heteroatoms. The van der Waals surface area contributed by atoms with Crippen LogP contribution in [0.25, 0.3) is 0 Å². The Morgan fingerprint density at radius 2 is 2.09 bits per heavy atom. The number of carbonyl (C=O) groups excluding carboxylic acids is 2. The molecule has 1 spiro atoms. The van der Waals surface area contributed by atoms with Gasteiger partial charge in [-0.1, -0.05) is 0 Å². The van der Waals surface area contributed by atoms with E-state index >= 15 is 0 Å². The minimum absolute atomic E-state index is 0.164. The Morgan fingerprint density at radius 3 is 2.70 bits per heavy atom. The second kappa shape index (κ2) is 4.90. The third kappa shape index (κ3) is 2.07. The number of piperazine rings is 1. The van der Waals surface area contributed by atoms with Gasteiger partial charge in [0.25, 0.3) is 5.91 Å². The highest BCUT2D eigenvalue weighted by molar-refractivity contribution is 6.05. The Hall–Kier alpha value is -1.70. The molecule has 7 nitrogen and oxygen atoms in total. The van der Waals surface area contributed by atoms with Crippen molar-refractivity contribution in [2.45, 2.75) is 37.6 Å². The lowest BCUT2D eigenvalue weighted by Crippen LogP contribution is -2.80. The third-order valence-corrected chi connectivity index (χ3v) is 5.20. The van der Waals surface area contributed by atoms with E-state index in [1.165, 1.54) is 4.90 Å². The van der Waals surface area contributed by atoms with Gasteiger partial charge in [-0.05, 0) is 32.5 Å². The molecule has 2 atom stereocenters. The summed E-state index contributed by atoms with van der Waals surface area (Å²) < 4.78 is 5.54. The summed E-state index contributed by atoms with van der Waals surface area (Å²) in [6.07, 6.45) is -0.157. The number of furan rings is 1. The van der Waals surface area contributed by atoms with Crippen LogP contribution in [-0.2, 0) is 16.1 Å². The molecule has 3 fully saturated rings. The van der Waals surface area contributed by atoms with Gasteiger partial charge in [-0.15, -0.1) is 0 Å². The van der Waals surface area contributed by atoms with Crippen LogP contribution in [0.4, 0.5) is 0 Å². The van der Waals surface area contributed by atoms with Crippen molar-refractivity contribution in [1.29, 1.82) is 0 Å². The van der Waals surface area contributed by atoms with Crippen LogP contribution in [0.2, 0.25) is 0 Å². The van der Waals surface area contributed by atoms with E-state index < -0.39 is 17.7 Å². The lowest BCUT2D eigenvalue weighted by Gasteiger charge is -2.57. The van der Waals surface area contributed by atoms with Crippen molar-refractivity contribution < 1.29 is 19.1 Å². The molecule has 4 rings (SSSR count). The average Bonchev–Trinajstić information content (AvgIpc) is 3.05. The molecular weight excluding hydrogens is 298 g/mol. The Morgan fingerprint density at radius 1 is 1.35 bits per heavy atom. The number of likely N-dealkylation sites (N-methyl/N-ethyl adjacent to an activating group) is 1. The predicted octanol–water partition coefficient (Wildman–Crippen LogP) is -0.424. The van der Waals surface area contributed by atoms with Gasteiger partial charge in [-0.25, -0.2) is 0 Å². The first kappa shape index (κ1) is 14.9. The molecular formula is C16H21N3O4. The van der Waals surface area contributed by atoms with Gasteiger partial charge in [0, 0.05) is 19.6 Å². The van der Waals surface area contributed by atoms with Crippen molar-refractivity contribution in [3.63, 3.8) is 0 Å². The first-order chi connectivity index (χ1) is 10.9. The summed E-state index contributed by atoms with van der Waals surface area (Å²) in [5.74, 6) is 0.979. The number of β-amino-alcohol motifs (C(OH)–C–C–N with tert-alkyl or cyclic N) is 1. The molecule has 0 radical (unpaired) electrons. The molecule has 124 valence electrons. The molecule has 0 bridgehead atoms. The standard InChI is InChI=1S/C16H21N3O4/c1-10-3-4-12(23-10)7-18-14(21)13-5-11(20)6-19(13)16(15(18)22)8-17(2)9-16/h3-4,11,13,20H,5-9H2,1-2H3/t11-,13+/m1/s1. The number of imide groups is 1. The average molecular weight is 319 g/mol. The van der Waals surface area contributed by atoms with Crippen LogP contribution in [0.5, 0.6) is 0 Å². The monoisotopic (exact) mass is 319 g/mol. The number of aliphatic hydroxyl groups excluding tert-OH is 1. The molecule has 0 aliphatic carbocycles. The maximum Gasteiger partial charge on any atom is 0.252 e. The number of rotatable bonds is 2. The molecule has 1 N–H and O–H groups in total. The number of carbonyl (C=O) groups is 2. The molecule has 2 amide bonds. The molecule has 0 saturated carbocycles. The van der Waals surface area contributed by atoms with E-state index in [1.54, 1.807) is 6.07 Å². The largest absolute Gasteiger partial charge is 0.464 e. The summed E-state index contributed by atoms with van der Waals surface area (Å²) in [5, 5.41) is 10.0. The van der Waals surface area contributed by atoms with Gasteiger partial charge in [-0.3, -0.25) is 19.4 Å². The number of hydrogen-bond donors (Lipinski definition) is 1. The maximum atomic E-state index is 13.1. The van der Waals surface area contributed by atoms with Gasteiger partial charge in [0.05, 0.1) is 18.7 Å². The van der Waals surface area contributed by atoms with Gasteiger partial charge in [0.15, 0.2) is 0 Å². The fourth-order valence-electron chi connectivity index (χ4n) is 4.21. The van der Waals surface area contributed by atoms with E-state index in [0.29, 0.717) is 31.8 Å². The first-order valence-electron chi connectivity index (χ1n) is 7.95. The van der Waals surface area contributed by atoms with Crippen LogP contribution in [0.1, 0.15) is 17.9 Å². The van der Waals surface area contributed by atoms with Crippen molar-refractivity contribution >= 4 is 11.8 Å². The highest BCUT2D eigenvalue weighted by Gasteiger charge is 2.63. The second-order valence-corrected chi connectivity index (χ2v) is 7.00. The van der Waals surface area contributed by atoms with E-state index in [-0.39, 0.29) is 18.4 Å². The SMILES string of the molecule is Cc1ccc(CN2C(=O)[C@@H]3C[C@@H](O)CN3C3(CN(C)C3)C2=O)o1. The molecule has 3 aliphatic rings. The van der Waals surface area contributed by atoms with Crippen molar-refractivity contribution in [1.82, 2.24) is 14.7 Å². The zero-order chi connectivity index (χ0) is 16.4. The maximum absolute atomic E-state index is 13.1. The van der Waals surface area contributed by atoms with Crippen LogP contribution in [0.3, 0.4) is 0 Å². The minimum Gasteiger partial charge on any atom is -0.464 e. The van der Waals surface area contributed by atoms with E-state index in [1.807, 2.05) is 24.9 Å². The molecule has 23 heavy (non-hydrogen) atoms. The zero-order valence-electron chi connectivity index (χ0n) is 13.4. The van der Waals surface area contributed by atoms with Crippen LogP contribution in [0, 0.1) is 6.92 Å². The Balaban J connectivity index is 1.67. The normalized spacial score (nSPS) is 30.8. The number of fused-ring (bicyclic) bond motifs is 2. The highest BCUT2D eigenvalue weighted by Crippen LogP contribution is 2.40. The molecule has 0 aromatic carbocycles. The Kier molecular flexibility index (Phi) is 3.16. The zero-order valence-corrected chi connectivity index (χ0v) is 13.4. The summed E-state index contributed by atoms with van der Waals surface area (Å²) >= 11 is 0. The Labute approximate surface area is 134 Å². The minimum atomic E-state index is -0.674. The van der Waals surface area contributed by atoms with Gasteiger partial charge < -0.3 is 14.4 Å². The predicted molar refractivity (Wildman–Crippen MR) is 80.3 cm³/mol. The van der Waals surface area contributed by atoms with Crippen LogP contribution < -0.4 is 0 Å². The fourth-order valence-corrected chi connectivity index (χ4v) is 4.21. The number of hydrogen-bond acceptors (Lipinski definition) is 6. The molecule has 3 aliphatic heterocycles. The summed E-state index contributed by atoms with van der Waals surface area (Å²) in [6.45, 7) is 3.58. The smallest absolute Gasteiger partial charge is 0.252 e. The molecule has 3 saturated heterocycles. The van der Waals surface area contributed by atoms with Crippen molar-refractivity contribution in [3.8, 4) is 0 Å².